The zero-order valence-corrected chi connectivity index (χ0v) is 11.0. The van der Waals surface area contributed by atoms with Crippen molar-refractivity contribution in [3.05, 3.63) is 0 Å². The van der Waals surface area contributed by atoms with Crippen LogP contribution in [0.25, 0.3) is 0 Å². The van der Waals surface area contributed by atoms with Crippen molar-refractivity contribution in [2.24, 2.45) is 0 Å². The Balaban J connectivity index is 2.03. The maximum Gasteiger partial charge on any atom is 0.218 e. The van der Waals surface area contributed by atoms with Gasteiger partial charge in [0.05, 0.1) is 5.25 Å². The summed E-state index contributed by atoms with van der Waals surface area (Å²) in [6.45, 7) is 2.20. The summed E-state index contributed by atoms with van der Waals surface area (Å²) < 4.78 is 26.6. The van der Waals surface area contributed by atoms with Gasteiger partial charge in [-0.2, -0.15) is 4.31 Å². The van der Waals surface area contributed by atoms with E-state index in [0.717, 1.165) is 32.2 Å². The summed E-state index contributed by atoms with van der Waals surface area (Å²) >= 11 is 0. The largest absolute Gasteiger partial charge is 0.396 e. The minimum Gasteiger partial charge on any atom is -0.396 e. The number of sulfonamides is 1. The van der Waals surface area contributed by atoms with Crippen LogP contribution in [-0.4, -0.2) is 55.4 Å². The van der Waals surface area contributed by atoms with Crippen molar-refractivity contribution in [3.63, 3.8) is 0 Å². The first-order valence-corrected chi connectivity index (χ1v) is 7.99. The summed E-state index contributed by atoms with van der Waals surface area (Å²) in [6.07, 6.45) is 4.11. The summed E-state index contributed by atoms with van der Waals surface area (Å²) in [6, 6.07) is 0.118. The molecule has 2 fully saturated rings. The maximum atomic E-state index is 12.4. The minimum atomic E-state index is -3.13. The third-order valence-corrected chi connectivity index (χ3v) is 6.16. The van der Waals surface area contributed by atoms with E-state index >= 15 is 0 Å². The second-order valence-electron chi connectivity index (χ2n) is 4.93. The van der Waals surface area contributed by atoms with Crippen LogP contribution in [0, 0.1) is 0 Å². The Morgan fingerprint density at radius 3 is 2.82 bits per heavy atom. The Morgan fingerprint density at radius 1 is 1.35 bits per heavy atom. The molecule has 17 heavy (non-hydrogen) atoms. The standard InChI is InChI=1S/C11H22N2O3S/c14-8-2-4-10-3-1-7-13(10)17(15,16)11-5-6-12-9-11/h10-12,14H,1-9H2. The Labute approximate surface area is 103 Å². The molecule has 2 N–H and O–H groups in total. The topological polar surface area (TPSA) is 69.6 Å². The molecule has 2 aliphatic rings. The lowest BCUT2D eigenvalue weighted by Crippen LogP contribution is -2.42. The Morgan fingerprint density at radius 2 is 2.18 bits per heavy atom. The predicted octanol–water partition coefficient (Wildman–Crippen LogP) is -0.0850. The van der Waals surface area contributed by atoms with E-state index in [-0.39, 0.29) is 17.9 Å². The van der Waals surface area contributed by atoms with E-state index in [4.69, 9.17) is 5.11 Å². The van der Waals surface area contributed by atoms with Gasteiger partial charge >= 0.3 is 0 Å². The van der Waals surface area contributed by atoms with E-state index in [9.17, 15) is 8.42 Å². The van der Waals surface area contributed by atoms with Gasteiger partial charge in [-0.25, -0.2) is 8.42 Å². The molecule has 0 bridgehead atoms. The summed E-state index contributed by atoms with van der Waals surface area (Å²) in [5.74, 6) is 0. The van der Waals surface area contributed by atoms with E-state index in [1.54, 1.807) is 4.31 Å². The van der Waals surface area contributed by atoms with E-state index in [1.165, 1.54) is 0 Å². The minimum absolute atomic E-state index is 0.118. The fraction of sp³-hybridized carbons (Fsp3) is 1.00. The zero-order chi connectivity index (χ0) is 12.3. The van der Waals surface area contributed by atoms with Gasteiger partial charge in [-0.15, -0.1) is 0 Å². The number of rotatable bonds is 5. The molecule has 2 atom stereocenters. The van der Waals surface area contributed by atoms with Crippen molar-refractivity contribution in [2.45, 2.75) is 43.4 Å². The third kappa shape index (κ3) is 2.81. The van der Waals surface area contributed by atoms with Gasteiger partial charge in [0.1, 0.15) is 0 Å². The second-order valence-corrected chi connectivity index (χ2v) is 7.10. The van der Waals surface area contributed by atoms with Gasteiger partial charge in [-0.3, -0.25) is 0 Å². The normalized spacial score (nSPS) is 31.1. The van der Waals surface area contributed by atoms with Crippen LogP contribution in [0.3, 0.4) is 0 Å². The Bertz CT molecular complexity index is 339. The number of aliphatic hydroxyl groups is 1. The number of hydrogen-bond acceptors (Lipinski definition) is 4. The molecular formula is C11H22N2O3S. The molecule has 2 rings (SSSR count). The molecule has 2 unspecified atom stereocenters. The van der Waals surface area contributed by atoms with Crippen LogP contribution >= 0.6 is 0 Å². The van der Waals surface area contributed by atoms with Crippen molar-refractivity contribution in [3.8, 4) is 0 Å². The van der Waals surface area contributed by atoms with Gasteiger partial charge in [0.2, 0.25) is 10.0 Å². The fourth-order valence-corrected chi connectivity index (χ4v) is 4.97. The van der Waals surface area contributed by atoms with Crippen LogP contribution in [0.2, 0.25) is 0 Å². The second kappa shape index (κ2) is 5.65. The smallest absolute Gasteiger partial charge is 0.218 e. The van der Waals surface area contributed by atoms with Crippen molar-refractivity contribution < 1.29 is 13.5 Å². The molecule has 5 nitrogen and oxygen atoms in total. The molecular weight excluding hydrogens is 240 g/mol. The van der Waals surface area contributed by atoms with Gasteiger partial charge in [0.15, 0.2) is 0 Å². The Hall–Kier alpha value is -0.170. The molecule has 0 radical (unpaired) electrons. The van der Waals surface area contributed by atoms with Crippen LogP contribution < -0.4 is 5.32 Å². The summed E-state index contributed by atoms with van der Waals surface area (Å²) in [5.41, 5.74) is 0. The molecule has 0 aliphatic carbocycles. The Kier molecular flexibility index (Phi) is 4.41. The highest BCUT2D eigenvalue weighted by atomic mass is 32.2. The van der Waals surface area contributed by atoms with Gasteiger partial charge in [0, 0.05) is 25.7 Å². The van der Waals surface area contributed by atoms with E-state index in [1.807, 2.05) is 0 Å². The summed E-state index contributed by atoms with van der Waals surface area (Å²) in [4.78, 5) is 0. The SMILES string of the molecule is O=S(=O)(C1CCNC1)N1CCCC1CCCO. The van der Waals surface area contributed by atoms with Crippen molar-refractivity contribution in [1.29, 1.82) is 0 Å². The first-order valence-electron chi connectivity index (χ1n) is 6.48. The van der Waals surface area contributed by atoms with Gasteiger partial charge in [-0.05, 0) is 38.6 Å². The van der Waals surface area contributed by atoms with E-state index in [2.05, 4.69) is 5.32 Å². The first-order chi connectivity index (χ1) is 8.16. The molecule has 6 heteroatoms. The number of aliphatic hydroxyl groups excluding tert-OH is 1. The number of nitrogens with one attached hydrogen (secondary N) is 1. The molecule has 0 amide bonds. The lowest BCUT2D eigenvalue weighted by atomic mass is 10.1. The van der Waals surface area contributed by atoms with Crippen LogP contribution in [0.4, 0.5) is 0 Å². The van der Waals surface area contributed by atoms with Gasteiger partial charge in [0.25, 0.3) is 0 Å². The number of hydrogen-bond donors (Lipinski definition) is 2. The molecule has 100 valence electrons. The first kappa shape index (κ1) is 13.3. The third-order valence-electron chi connectivity index (χ3n) is 3.78. The molecule has 0 aromatic rings. The van der Waals surface area contributed by atoms with Crippen LogP contribution in [0.15, 0.2) is 0 Å². The molecule has 0 aromatic heterocycles. The summed E-state index contributed by atoms with van der Waals surface area (Å²) in [5, 5.41) is 11.7. The molecule has 2 heterocycles. The van der Waals surface area contributed by atoms with E-state index < -0.39 is 10.0 Å². The maximum absolute atomic E-state index is 12.4. The highest BCUT2D eigenvalue weighted by Gasteiger charge is 2.39. The lowest BCUT2D eigenvalue weighted by Gasteiger charge is -2.26. The van der Waals surface area contributed by atoms with E-state index in [0.29, 0.717) is 19.5 Å². The van der Waals surface area contributed by atoms with Crippen LogP contribution in [-0.2, 0) is 10.0 Å². The van der Waals surface area contributed by atoms with Crippen molar-refractivity contribution in [1.82, 2.24) is 9.62 Å². The highest BCUT2D eigenvalue weighted by Crippen LogP contribution is 2.28. The quantitative estimate of drug-likeness (QED) is 0.727. The molecule has 2 aliphatic heterocycles. The van der Waals surface area contributed by atoms with Crippen LogP contribution in [0.1, 0.15) is 32.1 Å². The average molecular weight is 262 g/mol. The fourth-order valence-electron chi connectivity index (χ4n) is 2.83. The highest BCUT2D eigenvalue weighted by molar-refractivity contribution is 7.89. The number of nitrogens with zero attached hydrogens (tertiary/aromatic N) is 1. The molecule has 0 aromatic carbocycles. The zero-order valence-electron chi connectivity index (χ0n) is 10.1. The van der Waals surface area contributed by atoms with Crippen LogP contribution in [0.5, 0.6) is 0 Å². The summed E-state index contributed by atoms with van der Waals surface area (Å²) in [7, 11) is -3.13. The van der Waals surface area contributed by atoms with Gasteiger partial charge in [-0.1, -0.05) is 0 Å². The molecule has 0 saturated carbocycles. The monoisotopic (exact) mass is 262 g/mol. The van der Waals surface area contributed by atoms with Crippen molar-refractivity contribution >= 4 is 10.0 Å². The molecule has 0 spiro atoms. The lowest BCUT2D eigenvalue weighted by molar-refractivity contribution is 0.263. The van der Waals surface area contributed by atoms with Crippen molar-refractivity contribution in [2.75, 3.05) is 26.2 Å². The molecule has 2 saturated heterocycles. The predicted molar refractivity (Wildman–Crippen MR) is 66.2 cm³/mol. The average Bonchev–Trinajstić information content (AvgIpc) is 2.97. The van der Waals surface area contributed by atoms with Gasteiger partial charge < -0.3 is 10.4 Å².